The van der Waals surface area contributed by atoms with Gasteiger partial charge in [0.05, 0.1) is 0 Å². The van der Waals surface area contributed by atoms with E-state index in [2.05, 4.69) is 24.1 Å². The van der Waals surface area contributed by atoms with Crippen molar-refractivity contribution in [1.29, 1.82) is 0 Å². The van der Waals surface area contributed by atoms with E-state index in [0.29, 0.717) is 0 Å². The number of primary amides is 1. The Kier molecular flexibility index (Phi) is 3.71. The number of carbonyl (C=O) groups is 1. The van der Waals surface area contributed by atoms with Gasteiger partial charge in [0.25, 0.3) is 0 Å². The van der Waals surface area contributed by atoms with Crippen molar-refractivity contribution in [3.8, 4) is 0 Å². The first kappa shape index (κ1) is 13.2. The van der Waals surface area contributed by atoms with Gasteiger partial charge in [-0.1, -0.05) is 13.8 Å². The number of amides is 1. The summed E-state index contributed by atoms with van der Waals surface area (Å²) in [6, 6.07) is 0. The Hall–Kier alpha value is -0.260. The van der Waals surface area contributed by atoms with E-state index >= 15 is 0 Å². The van der Waals surface area contributed by atoms with Gasteiger partial charge in [0.15, 0.2) is 0 Å². The molecule has 0 bridgehead atoms. The highest BCUT2D eigenvalue weighted by molar-refractivity contribution is 7.99. The van der Waals surface area contributed by atoms with Crippen LogP contribution >= 0.6 is 11.8 Å². The Morgan fingerprint density at radius 1 is 1.35 bits per heavy atom. The van der Waals surface area contributed by atoms with Gasteiger partial charge in [-0.05, 0) is 17.6 Å². The maximum atomic E-state index is 12.1. The zero-order chi connectivity index (χ0) is 12.5. The third-order valence-electron chi connectivity index (χ3n) is 4.37. The monoisotopic (exact) mass is 257 g/mol. The van der Waals surface area contributed by atoms with Crippen molar-refractivity contribution in [2.75, 3.05) is 37.7 Å². The lowest BCUT2D eigenvalue weighted by Crippen LogP contribution is -2.71. The molecule has 0 radical (unpaired) electrons. The van der Waals surface area contributed by atoms with Crippen molar-refractivity contribution >= 4 is 17.7 Å². The van der Waals surface area contributed by atoms with Gasteiger partial charge in [0.1, 0.15) is 5.54 Å². The standard InChI is InChI=1S/C12H23N3OS/c1-11(2)3-8-17-9-12(11,10(13)16)15-6-4-14-5-7-15/h14H,3-9H2,1-2H3,(H2,13,16). The van der Waals surface area contributed by atoms with Crippen LogP contribution in [-0.2, 0) is 4.79 Å². The number of piperazine rings is 1. The molecule has 2 aliphatic rings. The van der Waals surface area contributed by atoms with E-state index in [0.717, 1.165) is 44.1 Å². The van der Waals surface area contributed by atoms with Crippen LogP contribution < -0.4 is 11.1 Å². The fourth-order valence-electron chi connectivity index (χ4n) is 3.08. The molecule has 0 saturated carbocycles. The molecule has 17 heavy (non-hydrogen) atoms. The number of nitrogens with one attached hydrogen (secondary N) is 1. The Morgan fingerprint density at radius 3 is 2.53 bits per heavy atom. The lowest BCUT2D eigenvalue weighted by Gasteiger charge is -2.54. The van der Waals surface area contributed by atoms with Gasteiger partial charge in [0, 0.05) is 31.9 Å². The van der Waals surface area contributed by atoms with Crippen molar-refractivity contribution in [2.45, 2.75) is 25.8 Å². The summed E-state index contributed by atoms with van der Waals surface area (Å²) in [5.41, 5.74) is 5.31. The first-order valence-corrected chi connectivity index (χ1v) is 7.50. The molecule has 0 spiro atoms. The minimum Gasteiger partial charge on any atom is -0.368 e. The molecule has 0 aromatic rings. The van der Waals surface area contributed by atoms with Crippen molar-refractivity contribution in [3.63, 3.8) is 0 Å². The zero-order valence-corrected chi connectivity index (χ0v) is 11.6. The summed E-state index contributed by atoms with van der Waals surface area (Å²) in [6.07, 6.45) is 1.06. The summed E-state index contributed by atoms with van der Waals surface area (Å²) in [5, 5.41) is 3.34. The highest BCUT2D eigenvalue weighted by Gasteiger charge is 2.55. The molecular weight excluding hydrogens is 234 g/mol. The van der Waals surface area contributed by atoms with Crippen LogP contribution in [0.4, 0.5) is 0 Å². The number of hydrogen-bond acceptors (Lipinski definition) is 4. The van der Waals surface area contributed by atoms with E-state index in [4.69, 9.17) is 5.73 Å². The number of nitrogens with zero attached hydrogens (tertiary/aromatic N) is 1. The van der Waals surface area contributed by atoms with E-state index < -0.39 is 5.54 Å². The van der Waals surface area contributed by atoms with Crippen molar-refractivity contribution in [3.05, 3.63) is 0 Å². The molecule has 1 atom stereocenters. The van der Waals surface area contributed by atoms with Crippen LogP contribution in [0.25, 0.3) is 0 Å². The Bertz CT molecular complexity index is 302. The molecule has 98 valence electrons. The first-order chi connectivity index (χ1) is 8.01. The Labute approximate surface area is 108 Å². The predicted molar refractivity (Wildman–Crippen MR) is 72.1 cm³/mol. The molecule has 3 N–H and O–H groups in total. The maximum absolute atomic E-state index is 12.1. The molecule has 2 saturated heterocycles. The second kappa shape index (κ2) is 4.78. The normalized spacial score (nSPS) is 34.5. The van der Waals surface area contributed by atoms with E-state index in [1.54, 1.807) is 0 Å². The fourth-order valence-corrected chi connectivity index (χ4v) is 4.89. The van der Waals surface area contributed by atoms with Crippen LogP contribution in [0, 0.1) is 5.41 Å². The van der Waals surface area contributed by atoms with Crippen LogP contribution in [-0.4, -0.2) is 54.0 Å². The molecule has 2 aliphatic heterocycles. The number of carbonyl (C=O) groups excluding carboxylic acids is 1. The van der Waals surface area contributed by atoms with E-state index in [1.165, 1.54) is 0 Å². The summed E-state index contributed by atoms with van der Waals surface area (Å²) < 4.78 is 0. The molecule has 2 fully saturated rings. The van der Waals surface area contributed by atoms with Gasteiger partial charge in [-0.15, -0.1) is 0 Å². The molecule has 4 nitrogen and oxygen atoms in total. The zero-order valence-electron chi connectivity index (χ0n) is 10.8. The van der Waals surface area contributed by atoms with Crippen molar-refractivity contribution < 1.29 is 4.79 Å². The molecule has 1 unspecified atom stereocenters. The predicted octanol–water partition coefficient (Wildman–Crippen LogP) is 0.279. The fraction of sp³-hybridized carbons (Fsp3) is 0.917. The average molecular weight is 257 g/mol. The smallest absolute Gasteiger partial charge is 0.239 e. The highest BCUT2D eigenvalue weighted by atomic mass is 32.2. The third-order valence-corrected chi connectivity index (χ3v) is 5.48. The second-order valence-corrected chi connectivity index (χ2v) is 6.75. The molecule has 2 rings (SSSR count). The number of hydrogen-bond donors (Lipinski definition) is 2. The van der Waals surface area contributed by atoms with Crippen molar-refractivity contribution in [1.82, 2.24) is 10.2 Å². The Balaban J connectivity index is 2.32. The third kappa shape index (κ3) is 2.09. The summed E-state index contributed by atoms with van der Waals surface area (Å²) in [4.78, 5) is 14.5. The van der Waals surface area contributed by atoms with Gasteiger partial charge in [0.2, 0.25) is 5.91 Å². The van der Waals surface area contributed by atoms with Crippen molar-refractivity contribution in [2.24, 2.45) is 11.1 Å². The van der Waals surface area contributed by atoms with Gasteiger partial charge >= 0.3 is 0 Å². The lowest BCUT2D eigenvalue weighted by molar-refractivity contribution is -0.138. The average Bonchev–Trinajstić information content (AvgIpc) is 2.29. The highest BCUT2D eigenvalue weighted by Crippen LogP contribution is 2.45. The quantitative estimate of drug-likeness (QED) is 0.746. The summed E-state index contributed by atoms with van der Waals surface area (Å²) >= 11 is 1.86. The second-order valence-electron chi connectivity index (χ2n) is 5.65. The maximum Gasteiger partial charge on any atom is 0.239 e. The SMILES string of the molecule is CC1(C)CCSCC1(C(N)=O)N1CCNCC1. The largest absolute Gasteiger partial charge is 0.368 e. The minimum absolute atomic E-state index is 0.0264. The number of thioether (sulfide) groups is 1. The molecule has 0 aromatic carbocycles. The summed E-state index contributed by atoms with van der Waals surface area (Å²) in [6.45, 7) is 8.14. The van der Waals surface area contributed by atoms with Gasteiger partial charge in [-0.25, -0.2) is 0 Å². The van der Waals surface area contributed by atoms with Crippen LogP contribution in [0.1, 0.15) is 20.3 Å². The van der Waals surface area contributed by atoms with E-state index in [1.807, 2.05) is 11.8 Å². The van der Waals surface area contributed by atoms with Crippen LogP contribution in [0.3, 0.4) is 0 Å². The first-order valence-electron chi connectivity index (χ1n) is 6.34. The topological polar surface area (TPSA) is 58.4 Å². The van der Waals surface area contributed by atoms with Gasteiger partial charge < -0.3 is 11.1 Å². The summed E-state index contributed by atoms with van der Waals surface area (Å²) in [7, 11) is 0. The number of rotatable bonds is 2. The van der Waals surface area contributed by atoms with Crippen LogP contribution in [0.2, 0.25) is 0 Å². The van der Waals surface area contributed by atoms with Crippen LogP contribution in [0.15, 0.2) is 0 Å². The molecular formula is C12H23N3OS. The summed E-state index contributed by atoms with van der Waals surface area (Å²) in [5.74, 6) is 1.83. The molecule has 2 heterocycles. The molecule has 1 amide bonds. The van der Waals surface area contributed by atoms with Gasteiger partial charge in [-0.2, -0.15) is 11.8 Å². The Morgan fingerprint density at radius 2 is 2.00 bits per heavy atom. The molecule has 0 aromatic heterocycles. The van der Waals surface area contributed by atoms with E-state index in [9.17, 15) is 4.79 Å². The molecule has 0 aliphatic carbocycles. The lowest BCUT2D eigenvalue weighted by atomic mass is 9.69. The van der Waals surface area contributed by atoms with Gasteiger partial charge in [-0.3, -0.25) is 9.69 Å². The van der Waals surface area contributed by atoms with E-state index in [-0.39, 0.29) is 11.3 Å². The minimum atomic E-state index is -0.460. The number of nitrogens with two attached hydrogens (primary N) is 1. The van der Waals surface area contributed by atoms with Crippen LogP contribution in [0.5, 0.6) is 0 Å². The molecule has 5 heteroatoms.